The summed E-state index contributed by atoms with van der Waals surface area (Å²) in [4.78, 5) is 16.1. The average Bonchev–Trinajstić information content (AvgIpc) is 2.30. The van der Waals surface area contributed by atoms with Crippen molar-refractivity contribution in [2.45, 2.75) is 32.1 Å². The van der Waals surface area contributed by atoms with E-state index in [1.807, 2.05) is 0 Å². The molecule has 2 rings (SSSR count). The van der Waals surface area contributed by atoms with E-state index in [1.165, 1.54) is 19.3 Å². The van der Waals surface area contributed by atoms with Crippen LogP contribution in [0.1, 0.15) is 42.5 Å². The van der Waals surface area contributed by atoms with Crippen molar-refractivity contribution in [3.8, 4) is 0 Å². The molecule has 1 saturated carbocycles. The van der Waals surface area contributed by atoms with Crippen molar-refractivity contribution in [1.29, 1.82) is 0 Å². The highest BCUT2D eigenvalue weighted by Gasteiger charge is 2.23. The molecule has 1 heterocycles. The van der Waals surface area contributed by atoms with Crippen LogP contribution in [0, 0.1) is 5.92 Å². The largest absolute Gasteiger partial charge is 0.294 e. The van der Waals surface area contributed by atoms with Crippen molar-refractivity contribution < 1.29 is 4.79 Å². The van der Waals surface area contributed by atoms with Crippen molar-refractivity contribution in [2.24, 2.45) is 5.92 Å². The molecule has 0 radical (unpaired) electrons. The van der Waals surface area contributed by atoms with Gasteiger partial charge in [0.1, 0.15) is 0 Å². The molecule has 15 heavy (non-hydrogen) atoms. The van der Waals surface area contributed by atoms with E-state index in [-0.39, 0.29) is 11.7 Å². The number of nitrogens with zero attached hydrogens (tertiary/aromatic N) is 1. The summed E-state index contributed by atoms with van der Waals surface area (Å²) in [5.74, 6) is 0.515. The zero-order valence-corrected chi connectivity index (χ0v) is 10.2. The third kappa shape index (κ3) is 2.46. The fourth-order valence-corrected chi connectivity index (χ4v) is 2.61. The first-order valence-corrected chi connectivity index (χ1v) is 6.22. The molecule has 1 aliphatic rings. The van der Waals surface area contributed by atoms with Gasteiger partial charge in [-0.3, -0.25) is 9.78 Å². The van der Waals surface area contributed by atoms with Crippen molar-refractivity contribution >= 4 is 21.7 Å². The van der Waals surface area contributed by atoms with E-state index in [0.717, 1.165) is 22.9 Å². The second kappa shape index (κ2) is 4.88. The first-order chi connectivity index (χ1) is 7.29. The van der Waals surface area contributed by atoms with Gasteiger partial charge < -0.3 is 0 Å². The highest BCUT2D eigenvalue weighted by molar-refractivity contribution is 9.10. The van der Waals surface area contributed by atoms with Gasteiger partial charge in [-0.2, -0.15) is 0 Å². The lowest BCUT2D eigenvalue weighted by molar-refractivity contribution is 0.0888. The summed E-state index contributed by atoms with van der Waals surface area (Å²) < 4.78 is 0.820. The first kappa shape index (κ1) is 10.8. The van der Waals surface area contributed by atoms with Crippen LogP contribution in [0.5, 0.6) is 0 Å². The Bertz CT molecular complexity index is 358. The minimum Gasteiger partial charge on any atom is -0.294 e. The summed E-state index contributed by atoms with van der Waals surface area (Å²) in [5, 5.41) is 0. The number of pyridine rings is 1. The molecule has 0 amide bonds. The maximum atomic E-state index is 12.2. The van der Waals surface area contributed by atoms with Gasteiger partial charge in [0.05, 0.1) is 0 Å². The van der Waals surface area contributed by atoms with E-state index in [2.05, 4.69) is 20.9 Å². The van der Waals surface area contributed by atoms with Crippen LogP contribution >= 0.6 is 15.9 Å². The summed E-state index contributed by atoms with van der Waals surface area (Å²) in [6.45, 7) is 0. The molecule has 0 saturated heterocycles. The van der Waals surface area contributed by atoms with Crippen LogP contribution in [0.25, 0.3) is 0 Å². The summed E-state index contributed by atoms with van der Waals surface area (Å²) in [6, 6.07) is 1.81. The van der Waals surface area contributed by atoms with E-state index in [4.69, 9.17) is 0 Å². The van der Waals surface area contributed by atoms with E-state index in [1.54, 1.807) is 18.5 Å². The van der Waals surface area contributed by atoms with Gasteiger partial charge >= 0.3 is 0 Å². The SMILES string of the molecule is O=C(c1ccncc1Br)C1CCCCC1. The van der Waals surface area contributed by atoms with Gasteiger partial charge in [-0.15, -0.1) is 0 Å². The van der Waals surface area contributed by atoms with Crippen LogP contribution in [0.4, 0.5) is 0 Å². The standard InChI is InChI=1S/C12H14BrNO/c13-11-8-14-7-6-10(11)12(15)9-4-2-1-3-5-9/h6-9H,1-5H2. The molecule has 0 atom stereocenters. The van der Waals surface area contributed by atoms with Crippen molar-refractivity contribution in [3.05, 3.63) is 28.5 Å². The molecule has 1 aromatic rings. The second-order valence-electron chi connectivity index (χ2n) is 4.05. The number of halogens is 1. The fourth-order valence-electron chi connectivity index (χ4n) is 2.16. The maximum Gasteiger partial charge on any atom is 0.167 e. The molecule has 0 N–H and O–H groups in total. The van der Waals surface area contributed by atoms with Crippen LogP contribution in [-0.4, -0.2) is 10.8 Å². The predicted molar refractivity (Wildman–Crippen MR) is 62.8 cm³/mol. The second-order valence-corrected chi connectivity index (χ2v) is 4.91. The molecule has 1 aliphatic carbocycles. The van der Waals surface area contributed by atoms with E-state index >= 15 is 0 Å². The zero-order chi connectivity index (χ0) is 10.7. The predicted octanol–water partition coefficient (Wildman–Crippen LogP) is 3.61. The van der Waals surface area contributed by atoms with Gasteiger partial charge in [0.2, 0.25) is 0 Å². The third-order valence-electron chi connectivity index (χ3n) is 3.01. The molecule has 0 unspecified atom stereocenters. The van der Waals surface area contributed by atoms with Gasteiger partial charge in [-0.1, -0.05) is 19.3 Å². The molecule has 80 valence electrons. The molecule has 2 nitrogen and oxygen atoms in total. The average molecular weight is 268 g/mol. The van der Waals surface area contributed by atoms with E-state index in [0.29, 0.717) is 0 Å². The van der Waals surface area contributed by atoms with Crippen LogP contribution in [0.2, 0.25) is 0 Å². The summed E-state index contributed by atoms with van der Waals surface area (Å²) in [6.07, 6.45) is 9.14. The van der Waals surface area contributed by atoms with Crippen molar-refractivity contribution in [1.82, 2.24) is 4.98 Å². The quantitative estimate of drug-likeness (QED) is 0.767. The number of carbonyl (C=O) groups excluding carboxylic acids is 1. The summed E-state index contributed by atoms with van der Waals surface area (Å²) in [5.41, 5.74) is 0.789. The minimum absolute atomic E-state index is 0.234. The Balaban J connectivity index is 2.16. The lowest BCUT2D eigenvalue weighted by Gasteiger charge is -2.20. The van der Waals surface area contributed by atoms with Gasteiger partial charge in [-0.25, -0.2) is 0 Å². The maximum absolute atomic E-state index is 12.2. The highest BCUT2D eigenvalue weighted by Crippen LogP contribution is 2.28. The Morgan fingerprint density at radius 2 is 2.07 bits per heavy atom. The zero-order valence-electron chi connectivity index (χ0n) is 8.58. The fraction of sp³-hybridized carbons (Fsp3) is 0.500. The summed E-state index contributed by atoms with van der Waals surface area (Å²) in [7, 11) is 0. The highest BCUT2D eigenvalue weighted by atomic mass is 79.9. The van der Waals surface area contributed by atoms with Gasteiger partial charge in [-0.05, 0) is 34.8 Å². The monoisotopic (exact) mass is 267 g/mol. The number of hydrogen-bond acceptors (Lipinski definition) is 2. The Morgan fingerprint density at radius 1 is 1.33 bits per heavy atom. The molecule has 0 spiro atoms. The normalized spacial score (nSPS) is 17.7. The van der Waals surface area contributed by atoms with Gasteiger partial charge in [0, 0.05) is 28.3 Å². The number of ketones is 1. The van der Waals surface area contributed by atoms with Gasteiger partial charge in [0.15, 0.2) is 5.78 Å². The number of Topliss-reactive ketones (excluding diaryl/α,β-unsaturated/α-hetero) is 1. The molecule has 0 aliphatic heterocycles. The number of rotatable bonds is 2. The summed E-state index contributed by atoms with van der Waals surface area (Å²) >= 11 is 3.38. The Hall–Kier alpha value is -0.700. The lowest BCUT2D eigenvalue weighted by atomic mass is 9.84. The molecule has 0 bridgehead atoms. The third-order valence-corrected chi connectivity index (χ3v) is 3.65. The van der Waals surface area contributed by atoms with Crippen LogP contribution in [0.3, 0.4) is 0 Å². The Labute approximate surface area is 98.2 Å². The molecule has 3 heteroatoms. The van der Waals surface area contributed by atoms with Crippen LogP contribution in [0.15, 0.2) is 22.9 Å². The molecule has 1 fully saturated rings. The molecule has 1 aromatic heterocycles. The van der Waals surface area contributed by atoms with E-state index in [9.17, 15) is 4.79 Å². The first-order valence-electron chi connectivity index (χ1n) is 5.43. The topological polar surface area (TPSA) is 30.0 Å². The van der Waals surface area contributed by atoms with E-state index < -0.39 is 0 Å². The molecular weight excluding hydrogens is 254 g/mol. The lowest BCUT2D eigenvalue weighted by Crippen LogP contribution is -2.18. The number of aromatic nitrogens is 1. The van der Waals surface area contributed by atoms with Gasteiger partial charge in [0.25, 0.3) is 0 Å². The molecular formula is C12H14BrNO. The molecule has 0 aromatic carbocycles. The van der Waals surface area contributed by atoms with Crippen molar-refractivity contribution in [2.75, 3.05) is 0 Å². The Kier molecular flexibility index (Phi) is 3.52. The number of hydrogen-bond donors (Lipinski definition) is 0. The smallest absolute Gasteiger partial charge is 0.167 e. The number of carbonyl (C=O) groups is 1. The van der Waals surface area contributed by atoms with Crippen LogP contribution < -0.4 is 0 Å². The van der Waals surface area contributed by atoms with Crippen LogP contribution in [-0.2, 0) is 0 Å². The Morgan fingerprint density at radius 3 is 2.73 bits per heavy atom. The van der Waals surface area contributed by atoms with Crippen molar-refractivity contribution in [3.63, 3.8) is 0 Å². The minimum atomic E-state index is 0.234.